The SMILES string of the molecule is C#Cc1nc(C(=O)O)cs1.CC. The van der Waals surface area contributed by atoms with Crippen LogP contribution < -0.4 is 0 Å². The third kappa shape index (κ3) is 2.72. The van der Waals surface area contributed by atoms with Gasteiger partial charge in [-0.05, 0) is 5.92 Å². The van der Waals surface area contributed by atoms with Gasteiger partial charge in [-0.2, -0.15) is 0 Å². The van der Waals surface area contributed by atoms with Crippen molar-refractivity contribution in [2.75, 3.05) is 0 Å². The van der Waals surface area contributed by atoms with Gasteiger partial charge < -0.3 is 5.11 Å². The van der Waals surface area contributed by atoms with Crippen molar-refractivity contribution in [3.63, 3.8) is 0 Å². The van der Waals surface area contributed by atoms with Crippen LogP contribution in [0.5, 0.6) is 0 Å². The zero-order valence-corrected chi connectivity index (χ0v) is 7.68. The van der Waals surface area contributed by atoms with Gasteiger partial charge in [0, 0.05) is 5.38 Å². The van der Waals surface area contributed by atoms with Crippen LogP contribution in [0.1, 0.15) is 29.3 Å². The molecule has 0 bridgehead atoms. The fourth-order valence-electron chi connectivity index (χ4n) is 0.438. The Balaban J connectivity index is 0.000000561. The summed E-state index contributed by atoms with van der Waals surface area (Å²) in [6.45, 7) is 4.00. The van der Waals surface area contributed by atoms with Crippen LogP contribution >= 0.6 is 11.3 Å². The van der Waals surface area contributed by atoms with Gasteiger partial charge in [-0.25, -0.2) is 9.78 Å². The second kappa shape index (κ2) is 5.33. The molecule has 1 rings (SSSR count). The van der Waals surface area contributed by atoms with E-state index < -0.39 is 5.97 Å². The van der Waals surface area contributed by atoms with Crippen LogP contribution in [0.25, 0.3) is 0 Å². The molecule has 0 aromatic carbocycles. The summed E-state index contributed by atoms with van der Waals surface area (Å²) in [6.07, 6.45) is 4.97. The molecule has 3 nitrogen and oxygen atoms in total. The maximum absolute atomic E-state index is 10.2. The zero-order chi connectivity index (χ0) is 9.56. The molecule has 1 heterocycles. The minimum Gasteiger partial charge on any atom is -0.476 e. The summed E-state index contributed by atoms with van der Waals surface area (Å²) in [5.74, 6) is 1.20. The topological polar surface area (TPSA) is 50.2 Å². The first kappa shape index (κ1) is 10.7. The van der Waals surface area contributed by atoms with E-state index in [1.165, 1.54) is 5.38 Å². The molecule has 0 spiro atoms. The lowest BCUT2D eigenvalue weighted by Crippen LogP contribution is -1.95. The summed E-state index contributed by atoms with van der Waals surface area (Å²) in [4.78, 5) is 13.8. The van der Waals surface area contributed by atoms with Gasteiger partial charge in [0.2, 0.25) is 0 Å². The zero-order valence-electron chi connectivity index (χ0n) is 6.87. The van der Waals surface area contributed by atoms with Crippen LogP contribution in [0, 0.1) is 12.3 Å². The summed E-state index contributed by atoms with van der Waals surface area (Å²) in [5, 5.41) is 10.2. The van der Waals surface area contributed by atoms with E-state index in [0.717, 1.165) is 11.3 Å². The highest BCUT2D eigenvalue weighted by molar-refractivity contribution is 7.10. The fourth-order valence-corrected chi connectivity index (χ4v) is 1.03. The Morgan fingerprint density at radius 3 is 2.58 bits per heavy atom. The highest BCUT2D eigenvalue weighted by atomic mass is 32.1. The van der Waals surface area contributed by atoms with Gasteiger partial charge in [-0.3, -0.25) is 0 Å². The van der Waals surface area contributed by atoms with E-state index in [2.05, 4.69) is 10.9 Å². The van der Waals surface area contributed by atoms with Gasteiger partial charge in [0.1, 0.15) is 0 Å². The second-order valence-electron chi connectivity index (χ2n) is 1.49. The number of carboxylic acid groups (broad SMARTS) is 1. The van der Waals surface area contributed by atoms with Crippen molar-refractivity contribution >= 4 is 17.3 Å². The predicted octanol–water partition coefficient (Wildman–Crippen LogP) is 1.85. The number of thiazole rings is 1. The average molecular weight is 183 g/mol. The number of aromatic carboxylic acids is 1. The highest BCUT2D eigenvalue weighted by Gasteiger charge is 2.05. The number of carboxylic acids is 1. The summed E-state index contributed by atoms with van der Waals surface area (Å²) in [7, 11) is 0. The van der Waals surface area contributed by atoms with Crippen LogP contribution in [-0.4, -0.2) is 16.1 Å². The maximum atomic E-state index is 10.2. The number of carbonyl (C=O) groups is 1. The van der Waals surface area contributed by atoms with Crippen LogP contribution in [0.2, 0.25) is 0 Å². The monoisotopic (exact) mass is 183 g/mol. The van der Waals surface area contributed by atoms with Gasteiger partial charge in [0.25, 0.3) is 0 Å². The van der Waals surface area contributed by atoms with Crippen molar-refractivity contribution in [2.24, 2.45) is 0 Å². The Kier molecular flexibility index (Phi) is 4.73. The molecule has 0 aliphatic carbocycles. The molecule has 0 amide bonds. The number of rotatable bonds is 1. The van der Waals surface area contributed by atoms with E-state index in [-0.39, 0.29) is 5.69 Å². The Morgan fingerprint density at radius 1 is 1.75 bits per heavy atom. The van der Waals surface area contributed by atoms with Crippen molar-refractivity contribution in [1.29, 1.82) is 0 Å². The van der Waals surface area contributed by atoms with Crippen LogP contribution in [0.4, 0.5) is 0 Å². The average Bonchev–Trinajstić information content (AvgIpc) is 2.55. The van der Waals surface area contributed by atoms with Crippen molar-refractivity contribution < 1.29 is 9.90 Å². The Labute approximate surface area is 75.1 Å². The van der Waals surface area contributed by atoms with E-state index in [0.29, 0.717) is 5.01 Å². The summed E-state index contributed by atoms with van der Waals surface area (Å²) < 4.78 is 0. The molecule has 0 saturated carbocycles. The molecular weight excluding hydrogens is 174 g/mol. The number of hydrogen-bond acceptors (Lipinski definition) is 3. The molecule has 0 saturated heterocycles. The molecule has 0 unspecified atom stereocenters. The van der Waals surface area contributed by atoms with Crippen molar-refractivity contribution in [3.8, 4) is 12.3 Å². The molecule has 0 radical (unpaired) electrons. The number of terminal acetylenes is 1. The number of nitrogens with zero attached hydrogens (tertiary/aromatic N) is 1. The van der Waals surface area contributed by atoms with Crippen molar-refractivity contribution in [2.45, 2.75) is 13.8 Å². The first-order chi connectivity index (χ1) is 5.74. The third-order valence-electron chi connectivity index (χ3n) is 0.847. The standard InChI is InChI=1S/C6H3NO2S.C2H6/c1-2-5-7-4(3-10-5)6(8)9;1-2/h1,3H,(H,8,9);1-2H3. The van der Waals surface area contributed by atoms with E-state index in [9.17, 15) is 4.79 Å². The smallest absolute Gasteiger partial charge is 0.355 e. The van der Waals surface area contributed by atoms with Gasteiger partial charge in [-0.1, -0.05) is 13.8 Å². The van der Waals surface area contributed by atoms with Crippen LogP contribution in [0.3, 0.4) is 0 Å². The van der Waals surface area contributed by atoms with Crippen molar-refractivity contribution in [3.05, 3.63) is 16.1 Å². The molecule has 1 aromatic rings. The van der Waals surface area contributed by atoms with Crippen LogP contribution in [0.15, 0.2) is 5.38 Å². The third-order valence-corrected chi connectivity index (χ3v) is 1.62. The number of aromatic nitrogens is 1. The summed E-state index contributed by atoms with van der Waals surface area (Å²) in [5.41, 5.74) is 0.0120. The Bertz CT molecular complexity index is 298. The lowest BCUT2D eigenvalue weighted by molar-refractivity contribution is 0.0691. The molecule has 1 aromatic heterocycles. The normalized spacial score (nSPS) is 7.75. The van der Waals surface area contributed by atoms with Gasteiger partial charge in [-0.15, -0.1) is 17.8 Å². The molecule has 0 aliphatic rings. The van der Waals surface area contributed by atoms with E-state index in [1.54, 1.807) is 0 Å². The molecule has 0 aliphatic heterocycles. The quantitative estimate of drug-likeness (QED) is 0.676. The Hall–Kier alpha value is -1.34. The number of hydrogen-bond donors (Lipinski definition) is 1. The minimum absolute atomic E-state index is 0.0120. The Morgan fingerprint density at radius 2 is 2.33 bits per heavy atom. The molecule has 1 N–H and O–H groups in total. The molecule has 12 heavy (non-hydrogen) atoms. The van der Waals surface area contributed by atoms with Gasteiger partial charge >= 0.3 is 5.97 Å². The summed E-state index contributed by atoms with van der Waals surface area (Å²) >= 11 is 1.15. The van der Waals surface area contributed by atoms with E-state index >= 15 is 0 Å². The van der Waals surface area contributed by atoms with E-state index in [1.807, 2.05) is 13.8 Å². The molecule has 4 heteroatoms. The maximum Gasteiger partial charge on any atom is 0.355 e. The lowest BCUT2D eigenvalue weighted by atomic mass is 10.5. The molecule has 64 valence electrons. The van der Waals surface area contributed by atoms with Gasteiger partial charge in [0.15, 0.2) is 10.7 Å². The molecule has 0 atom stereocenters. The van der Waals surface area contributed by atoms with E-state index in [4.69, 9.17) is 11.5 Å². The highest BCUT2D eigenvalue weighted by Crippen LogP contribution is 2.07. The fraction of sp³-hybridized carbons (Fsp3) is 0.250. The first-order valence-corrected chi connectivity index (χ1v) is 4.27. The second-order valence-corrected chi connectivity index (χ2v) is 2.35. The molecular formula is C8H9NO2S. The predicted molar refractivity (Wildman–Crippen MR) is 48.4 cm³/mol. The lowest BCUT2D eigenvalue weighted by Gasteiger charge is -1.79. The van der Waals surface area contributed by atoms with Crippen LogP contribution in [-0.2, 0) is 0 Å². The largest absolute Gasteiger partial charge is 0.476 e. The van der Waals surface area contributed by atoms with Gasteiger partial charge in [0.05, 0.1) is 0 Å². The van der Waals surface area contributed by atoms with Crippen molar-refractivity contribution in [1.82, 2.24) is 4.98 Å². The minimum atomic E-state index is -1.04. The first-order valence-electron chi connectivity index (χ1n) is 3.39. The summed E-state index contributed by atoms with van der Waals surface area (Å²) in [6, 6.07) is 0. The molecule has 0 fully saturated rings.